The van der Waals surface area contributed by atoms with Crippen molar-refractivity contribution in [3.8, 4) is 0 Å². The topological polar surface area (TPSA) is 75.6 Å². The van der Waals surface area contributed by atoms with Gasteiger partial charge in [0, 0.05) is 13.2 Å². The quantitative estimate of drug-likeness (QED) is 0.557. The standard InChI is InChI=1S/C8H19NO4S/c1-8(2)13-6-7-14(11,12)9-4-3-5-10/h8-10H,3-7H2,1-2H3. The van der Waals surface area contributed by atoms with E-state index in [1.807, 2.05) is 13.8 Å². The van der Waals surface area contributed by atoms with Gasteiger partial charge in [0.2, 0.25) is 10.0 Å². The van der Waals surface area contributed by atoms with Gasteiger partial charge in [-0.1, -0.05) is 0 Å². The molecule has 0 aromatic carbocycles. The maximum atomic E-state index is 11.2. The molecule has 14 heavy (non-hydrogen) atoms. The molecule has 2 N–H and O–H groups in total. The molecular weight excluding hydrogens is 206 g/mol. The minimum absolute atomic E-state index is 0.00891. The molecule has 0 aliphatic heterocycles. The molecule has 0 amide bonds. The Morgan fingerprint density at radius 1 is 1.43 bits per heavy atom. The van der Waals surface area contributed by atoms with Crippen molar-refractivity contribution in [1.82, 2.24) is 4.72 Å². The van der Waals surface area contributed by atoms with E-state index in [0.29, 0.717) is 6.42 Å². The van der Waals surface area contributed by atoms with E-state index in [1.165, 1.54) is 0 Å². The Morgan fingerprint density at radius 3 is 2.57 bits per heavy atom. The van der Waals surface area contributed by atoms with Crippen molar-refractivity contribution in [1.29, 1.82) is 0 Å². The molecule has 0 atom stereocenters. The average molecular weight is 225 g/mol. The monoisotopic (exact) mass is 225 g/mol. The molecule has 0 rings (SSSR count). The van der Waals surface area contributed by atoms with Crippen molar-refractivity contribution in [2.75, 3.05) is 25.5 Å². The summed E-state index contributed by atoms with van der Waals surface area (Å²) in [6.45, 7) is 4.18. The fourth-order valence-corrected chi connectivity index (χ4v) is 1.69. The highest BCUT2D eigenvalue weighted by Crippen LogP contribution is 1.91. The predicted molar refractivity (Wildman–Crippen MR) is 54.6 cm³/mol. The van der Waals surface area contributed by atoms with Crippen LogP contribution in [0.5, 0.6) is 0 Å². The van der Waals surface area contributed by atoms with Gasteiger partial charge in [-0.3, -0.25) is 0 Å². The summed E-state index contributed by atoms with van der Waals surface area (Å²) in [6, 6.07) is 0. The lowest BCUT2D eigenvalue weighted by Crippen LogP contribution is -2.30. The lowest BCUT2D eigenvalue weighted by atomic mass is 10.5. The van der Waals surface area contributed by atoms with Gasteiger partial charge >= 0.3 is 0 Å². The third-order valence-corrected chi connectivity index (χ3v) is 2.81. The van der Waals surface area contributed by atoms with Crippen LogP contribution in [0, 0.1) is 0 Å². The highest BCUT2D eigenvalue weighted by molar-refractivity contribution is 7.89. The molecule has 0 spiro atoms. The normalized spacial score (nSPS) is 12.3. The summed E-state index contributed by atoms with van der Waals surface area (Å²) in [5.74, 6) is -0.0311. The molecule has 0 unspecified atom stereocenters. The summed E-state index contributed by atoms with van der Waals surface area (Å²) < 4.78 is 29.9. The van der Waals surface area contributed by atoms with Crippen molar-refractivity contribution in [3.05, 3.63) is 0 Å². The molecule has 0 aliphatic carbocycles. The Kier molecular flexibility index (Phi) is 7.08. The predicted octanol–water partition coefficient (Wildman–Crippen LogP) is -0.287. The van der Waals surface area contributed by atoms with Crippen LogP contribution in [0.25, 0.3) is 0 Å². The number of aliphatic hydroxyl groups excluding tert-OH is 1. The Hall–Kier alpha value is -0.170. The maximum absolute atomic E-state index is 11.2. The molecule has 0 radical (unpaired) electrons. The van der Waals surface area contributed by atoms with Gasteiger partial charge in [0.1, 0.15) is 0 Å². The second kappa shape index (κ2) is 7.17. The fraction of sp³-hybridized carbons (Fsp3) is 1.00. The van der Waals surface area contributed by atoms with Crippen molar-refractivity contribution in [2.45, 2.75) is 26.4 Å². The van der Waals surface area contributed by atoms with Crippen LogP contribution in [0.4, 0.5) is 0 Å². The molecule has 0 saturated carbocycles. The van der Waals surface area contributed by atoms with Crippen molar-refractivity contribution in [3.63, 3.8) is 0 Å². The summed E-state index contributed by atoms with van der Waals surface area (Å²) in [4.78, 5) is 0. The first kappa shape index (κ1) is 13.8. The molecule has 5 nitrogen and oxygen atoms in total. The van der Waals surface area contributed by atoms with E-state index >= 15 is 0 Å². The highest BCUT2D eigenvalue weighted by Gasteiger charge is 2.09. The smallest absolute Gasteiger partial charge is 0.213 e. The van der Waals surface area contributed by atoms with E-state index in [2.05, 4.69) is 4.72 Å². The van der Waals surface area contributed by atoms with Gasteiger partial charge in [-0.2, -0.15) is 0 Å². The SMILES string of the molecule is CC(C)OCCS(=O)(=O)NCCCO. The van der Waals surface area contributed by atoms with Gasteiger partial charge in [-0.25, -0.2) is 13.1 Å². The fourth-order valence-electron chi connectivity index (χ4n) is 0.772. The minimum Gasteiger partial charge on any atom is -0.396 e. The van der Waals surface area contributed by atoms with Crippen LogP contribution in [-0.4, -0.2) is 45.1 Å². The zero-order valence-corrected chi connectivity index (χ0v) is 9.51. The Labute approximate surface area is 85.5 Å². The van der Waals surface area contributed by atoms with E-state index in [1.54, 1.807) is 0 Å². The van der Waals surface area contributed by atoms with Crippen molar-refractivity contribution >= 4 is 10.0 Å². The van der Waals surface area contributed by atoms with Gasteiger partial charge < -0.3 is 9.84 Å². The van der Waals surface area contributed by atoms with Crippen LogP contribution in [0.3, 0.4) is 0 Å². The lowest BCUT2D eigenvalue weighted by molar-refractivity contribution is 0.0911. The second-order valence-corrected chi connectivity index (χ2v) is 5.14. The third kappa shape index (κ3) is 8.43. The Balaban J connectivity index is 3.62. The van der Waals surface area contributed by atoms with Crippen molar-refractivity contribution in [2.24, 2.45) is 0 Å². The average Bonchev–Trinajstić information content (AvgIpc) is 2.03. The van der Waals surface area contributed by atoms with E-state index in [0.717, 1.165) is 0 Å². The summed E-state index contributed by atoms with van der Waals surface area (Å²) in [7, 11) is -3.24. The van der Waals surface area contributed by atoms with E-state index in [9.17, 15) is 8.42 Å². The van der Waals surface area contributed by atoms with Gasteiger partial charge in [0.05, 0.1) is 18.5 Å². The maximum Gasteiger partial charge on any atom is 0.213 e. The number of ether oxygens (including phenoxy) is 1. The second-order valence-electron chi connectivity index (χ2n) is 3.21. The molecule has 0 bridgehead atoms. The van der Waals surface area contributed by atoms with Crippen molar-refractivity contribution < 1.29 is 18.3 Å². The zero-order chi connectivity index (χ0) is 11.0. The first-order valence-electron chi connectivity index (χ1n) is 4.67. The first-order chi connectivity index (χ1) is 6.48. The Morgan fingerprint density at radius 2 is 2.07 bits per heavy atom. The lowest BCUT2D eigenvalue weighted by Gasteiger charge is -2.08. The molecule has 0 aromatic rings. The van der Waals surface area contributed by atoms with Crippen LogP contribution >= 0.6 is 0 Å². The number of nitrogens with one attached hydrogen (secondary N) is 1. The van der Waals surface area contributed by atoms with Crippen LogP contribution in [0.1, 0.15) is 20.3 Å². The molecule has 0 saturated heterocycles. The molecule has 0 aliphatic rings. The summed E-state index contributed by atoms with van der Waals surface area (Å²) >= 11 is 0. The number of aliphatic hydroxyl groups is 1. The van der Waals surface area contributed by atoms with E-state index in [-0.39, 0.29) is 31.6 Å². The summed E-state index contributed by atoms with van der Waals surface area (Å²) in [5.41, 5.74) is 0. The number of rotatable bonds is 8. The molecule has 0 fully saturated rings. The first-order valence-corrected chi connectivity index (χ1v) is 6.33. The van der Waals surface area contributed by atoms with Gasteiger partial charge in [0.25, 0.3) is 0 Å². The summed E-state index contributed by atoms with van der Waals surface area (Å²) in [6.07, 6.45) is 0.479. The summed E-state index contributed by atoms with van der Waals surface area (Å²) in [5, 5.41) is 8.45. The van der Waals surface area contributed by atoms with E-state index in [4.69, 9.17) is 9.84 Å². The largest absolute Gasteiger partial charge is 0.396 e. The number of hydrogen-bond acceptors (Lipinski definition) is 4. The number of sulfonamides is 1. The molecule has 6 heteroatoms. The van der Waals surface area contributed by atoms with Crippen LogP contribution in [0.15, 0.2) is 0 Å². The van der Waals surface area contributed by atoms with E-state index < -0.39 is 10.0 Å². The highest BCUT2D eigenvalue weighted by atomic mass is 32.2. The van der Waals surface area contributed by atoms with Crippen LogP contribution in [0.2, 0.25) is 0 Å². The van der Waals surface area contributed by atoms with Crippen LogP contribution < -0.4 is 4.72 Å². The third-order valence-electron chi connectivity index (χ3n) is 1.46. The minimum atomic E-state index is -3.24. The van der Waals surface area contributed by atoms with Gasteiger partial charge in [-0.15, -0.1) is 0 Å². The molecule has 86 valence electrons. The molecule has 0 aromatic heterocycles. The molecular formula is C8H19NO4S. The number of hydrogen-bond donors (Lipinski definition) is 2. The Bertz CT molecular complexity index is 225. The van der Waals surface area contributed by atoms with Crippen LogP contribution in [-0.2, 0) is 14.8 Å². The molecule has 0 heterocycles. The zero-order valence-electron chi connectivity index (χ0n) is 8.69. The van der Waals surface area contributed by atoms with Gasteiger partial charge in [0.15, 0.2) is 0 Å². The van der Waals surface area contributed by atoms with Gasteiger partial charge in [-0.05, 0) is 20.3 Å².